The lowest BCUT2D eigenvalue weighted by atomic mass is 10.2. The lowest BCUT2D eigenvalue weighted by molar-refractivity contribution is 0.687. The van der Waals surface area contributed by atoms with E-state index in [9.17, 15) is 0 Å². The van der Waals surface area contributed by atoms with Gasteiger partial charge < -0.3 is 10.6 Å². The Morgan fingerprint density at radius 2 is 1.38 bits per heavy atom. The summed E-state index contributed by atoms with van der Waals surface area (Å²) in [6, 6.07) is 9.27. The second-order valence-corrected chi connectivity index (χ2v) is 5.06. The Balaban J connectivity index is 2.50. The Labute approximate surface area is 99.5 Å². The molecule has 0 aliphatic heterocycles. The fraction of sp³-hybridized carbons (Fsp3) is 0.571. The molecule has 0 aliphatic carbocycles. The van der Waals surface area contributed by atoms with Gasteiger partial charge in [-0.2, -0.15) is 0 Å². The molecule has 0 atom stereocenters. The minimum Gasteiger partial charge on any atom is -0.385 e. The first-order valence-corrected chi connectivity index (χ1v) is 6.07. The molecule has 0 spiro atoms. The maximum Gasteiger partial charge on any atom is 0.0367 e. The van der Waals surface area contributed by atoms with Crippen LogP contribution in [0.2, 0.25) is 0 Å². The van der Waals surface area contributed by atoms with Crippen LogP contribution in [-0.2, 0) is 0 Å². The maximum absolute atomic E-state index is 3.40. The highest BCUT2D eigenvalue weighted by atomic mass is 14.9. The van der Waals surface area contributed by atoms with Crippen LogP contribution >= 0.6 is 0 Å². The molecule has 0 saturated carbocycles. The molecule has 89 valence electrons. The largest absolute Gasteiger partial charge is 0.385 e. The molecule has 0 bridgehead atoms. The quantitative estimate of drug-likeness (QED) is 0.763. The van der Waals surface area contributed by atoms with E-state index in [0.29, 0.717) is 11.8 Å². The summed E-state index contributed by atoms with van der Waals surface area (Å²) in [6.45, 7) is 10.8. The summed E-state index contributed by atoms with van der Waals surface area (Å²) in [4.78, 5) is 0. The molecule has 0 unspecified atom stereocenters. The lowest BCUT2D eigenvalue weighted by Gasteiger charge is -2.12. The molecule has 0 aromatic heterocycles. The molecule has 0 aliphatic rings. The van der Waals surface area contributed by atoms with Gasteiger partial charge in [0, 0.05) is 24.5 Å². The van der Waals surface area contributed by atoms with Gasteiger partial charge >= 0.3 is 0 Å². The monoisotopic (exact) mass is 219 g/mol. The highest BCUT2D eigenvalue weighted by Gasteiger charge is 1.98. The Morgan fingerprint density at radius 1 is 0.938 bits per heavy atom. The van der Waals surface area contributed by atoms with Crippen LogP contribution in [0, 0.1) is 17.9 Å². The number of benzene rings is 1. The van der Waals surface area contributed by atoms with E-state index in [1.165, 1.54) is 0 Å². The third-order valence-electron chi connectivity index (χ3n) is 2.22. The smallest absolute Gasteiger partial charge is 0.0367 e. The minimum atomic E-state index is 0.660. The third kappa shape index (κ3) is 5.06. The number of anilines is 2. The van der Waals surface area contributed by atoms with Gasteiger partial charge in [0.1, 0.15) is 0 Å². The van der Waals surface area contributed by atoms with Crippen LogP contribution in [-0.4, -0.2) is 13.1 Å². The molecule has 1 rings (SSSR count). The normalized spacial score (nSPS) is 10.9. The molecule has 1 radical (unpaired) electrons. The molecule has 0 saturated heterocycles. The van der Waals surface area contributed by atoms with Gasteiger partial charge in [-0.05, 0) is 36.1 Å². The summed E-state index contributed by atoms with van der Waals surface area (Å²) in [5.41, 5.74) is 2.28. The molecule has 1 aromatic carbocycles. The van der Waals surface area contributed by atoms with Gasteiger partial charge in [0.2, 0.25) is 0 Å². The first kappa shape index (κ1) is 12.9. The van der Waals surface area contributed by atoms with Gasteiger partial charge in [-0.3, -0.25) is 0 Å². The third-order valence-corrected chi connectivity index (χ3v) is 2.22. The molecule has 2 nitrogen and oxygen atoms in total. The predicted octanol–water partition coefficient (Wildman–Crippen LogP) is 3.62. The van der Waals surface area contributed by atoms with Gasteiger partial charge in [-0.1, -0.05) is 27.7 Å². The van der Waals surface area contributed by atoms with Crippen molar-refractivity contribution in [1.82, 2.24) is 0 Å². The summed E-state index contributed by atoms with van der Waals surface area (Å²) in [5, 5.41) is 6.80. The second kappa shape index (κ2) is 6.41. The number of rotatable bonds is 6. The topological polar surface area (TPSA) is 24.1 Å². The van der Waals surface area contributed by atoms with Crippen LogP contribution in [0.15, 0.2) is 18.2 Å². The minimum absolute atomic E-state index is 0.660. The fourth-order valence-corrected chi connectivity index (χ4v) is 1.32. The van der Waals surface area contributed by atoms with Gasteiger partial charge in [0.05, 0.1) is 0 Å². The summed E-state index contributed by atoms with van der Waals surface area (Å²) < 4.78 is 0. The van der Waals surface area contributed by atoms with Crippen LogP contribution < -0.4 is 10.6 Å². The van der Waals surface area contributed by atoms with Crippen molar-refractivity contribution in [2.45, 2.75) is 27.7 Å². The Morgan fingerprint density at radius 3 is 1.75 bits per heavy atom. The summed E-state index contributed by atoms with van der Waals surface area (Å²) in [5.74, 6) is 1.32. The molecule has 0 heterocycles. The first-order valence-electron chi connectivity index (χ1n) is 6.07. The molecule has 0 amide bonds. The standard InChI is InChI=1S/C14H23N2/c1-11(2)9-15-13-6-5-7-14(8-13)16-10-12(3)4/h6-8,11-12,15-16H,9-10H2,1-4H3. The van der Waals surface area contributed by atoms with Crippen molar-refractivity contribution in [2.24, 2.45) is 11.8 Å². The van der Waals surface area contributed by atoms with Crippen LogP contribution in [0.25, 0.3) is 0 Å². The van der Waals surface area contributed by atoms with Gasteiger partial charge in [-0.15, -0.1) is 0 Å². The molecular formula is C14H23N2. The van der Waals surface area contributed by atoms with E-state index in [1.807, 2.05) is 12.1 Å². The van der Waals surface area contributed by atoms with Crippen LogP contribution in [0.5, 0.6) is 0 Å². The Kier molecular flexibility index (Phi) is 5.17. The molecule has 1 aromatic rings. The van der Waals surface area contributed by atoms with E-state index < -0.39 is 0 Å². The Hall–Kier alpha value is -1.18. The predicted molar refractivity (Wildman–Crippen MR) is 71.9 cm³/mol. The van der Waals surface area contributed by atoms with Crippen molar-refractivity contribution in [2.75, 3.05) is 23.7 Å². The molecule has 2 N–H and O–H groups in total. The summed E-state index contributed by atoms with van der Waals surface area (Å²) in [7, 11) is 0. The molecule has 16 heavy (non-hydrogen) atoms. The van der Waals surface area contributed by atoms with E-state index in [2.05, 4.69) is 50.5 Å². The van der Waals surface area contributed by atoms with E-state index in [4.69, 9.17) is 0 Å². The summed E-state index contributed by atoms with van der Waals surface area (Å²) >= 11 is 0. The lowest BCUT2D eigenvalue weighted by Crippen LogP contribution is -2.10. The van der Waals surface area contributed by atoms with Gasteiger partial charge in [-0.25, -0.2) is 0 Å². The van der Waals surface area contributed by atoms with E-state index in [0.717, 1.165) is 24.5 Å². The molecule has 0 fully saturated rings. The van der Waals surface area contributed by atoms with Crippen molar-refractivity contribution in [1.29, 1.82) is 0 Å². The first-order chi connectivity index (χ1) is 7.58. The van der Waals surface area contributed by atoms with E-state index >= 15 is 0 Å². The van der Waals surface area contributed by atoms with Gasteiger partial charge in [0.15, 0.2) is 0 Å². The molecular weight excluding hydrogens is 196 g/mol. The van der Waals surface area contributed by atoms with Crippen molar-refractivity contribution < 1.29 is 0 Å². The molecule has 2 heteroatoms. The van der Waals surface area contributed by atoms with Crippen LogP contribution in [0.1, 0.15) is 27.7 Å². The van der Waals surface area contributed by atoms with E-state index in [1.54, 1.807) is 0 Å². The summed E-state index contributed by atoms with van der Waals surface area (Å²) in [6.07, 6.45) is 0. The van der Waals surface area contributed by atoms with Crippen LogP contribution in [0.3, 0.4) is 0 Å². The zero-order chi connectivity index (χ0) is 12.0. The van der Waals surface area contributed by atoms with E-state index in [-0.39, 0.29) is 0 Å². The van der Waals surface area contributed by atoms with Crippen LogP contribution in [0.4, 0.5) is 11.4 Å². The average Bonchev–Trinajstić information content (AvgIpc) is 2.24. The van der Waals surface area contributed by atoms with Crippen molar-refractivity contribution >= 4 is 11.4 Å². The number of hydrogen-bond donors (Lipinski definition) is 2. The van der Waals surface area contributed by atoms with Crippen molar-refractivity contribution in [3.8, 4) is 0 Å². The zero-order valence-electron chi connectivity index (χ0n) is 10.8. The SMILES string of the molecule is CC(C)CNc1c[c]cc(NCC(C)C)c1. The average molecular weight is 219 g/mol. The van der Waals surface area contributed by atoms with Gasteiger partial charge in [0.25, 0.3) is 0 Å². The number of hydrogen-bond acceptors (Lipinski definition) is 2. The second-order valence-electron chi connectivity index (χ2n) is 5.06. The Bertz CT molecular complexity index is 278. The number of nitrogens with one attached hydrogen (secondary N) is 2. The van der Waals surface area contributed by atoms with Crippen molar-refractivity contribution in [3.05, 3.63) is 24.3 Å². The highest BCUT2D eigenvalue weighted by Crippen LogP contribution is 2.15. The highest BCUT2D eigenvalue weighted by molar-refractivity contribution is 5.56. The maximum atomic E-state index is 3.40. The fourth-order valence-electron chi connectivity index (χ4n) is 1.32. The zero-order valence-corrected chi connectivity index (χ0v) is 10.8. The van der Waals surface area contributed by atoms with Crippen molar-refractivity contribution in [3.63, 3.8) is 0 Å².